The maximum Gasteiger partial charge on any atom is 0.122 e. The molecule has 1 aromatic rings. The maximum atomic E-state index is 10.3. The van der Waals surface area contributed by atoms with Crippen LogP contribution in [-0.2, 0) is 6.42 Å². The molecule has 0 radical (unpaired) electrons. The van der Waals surface area contributed by atoms with E-state index in [1.54, 1.807) is 0 Å². The van der Waals surface area contributed by atoms with Gasteiger partial charge >= 0.3 is 0 Å². The minimum Gasteiger partial charge on any atom is -0.507 e. The maximum absolute atomic E-state index is 10.3. The summed E-state index contributed by atoms with van der Waals surface area (Å²) in [6, 6.07) is 4.35. The minimum absolute atomic E-state index is 0.383. The number of aromatic hydroxyl groups is 1. The molecular weight excluding hydrogens is 208 g/mol. The van der Waals surface area contributed by atoms with E-state index in [-0.39, 0.29) is 0 Å². The molecule has 0 aliphatic rings. The van der Waals surface area contributed by atoms with Crippen LogP contribution in [0.2, 0.25) is 0 Å². The summed E-state index contributed by atoms with van der Waals surface area (Å²) in [7, 11) is 0. The van der Waals surface area contributed by atoms with E-state index in [1.165, 1.54) is 12.0 Å². The van der Waals surface area contributed by atoms with Crippen molar-refractivity contribution in [2.24, 2.45) is 0 Å². The summed E-state index contributed by atoms with van der Waals surface area (Å²) in [4.78, 5) is 0. The van der Waals surface area contributed by atoms with Gasteiger partial charge in [0.1, 0.15) is 5.75 Å². The van der Waals surface area contributed by atoms with E-state index in [1.807, 2.05) is 0 Å². The molecule has 0 spiro atoms. The molecule has 0 aliphatic heterocycles. The second-order valence-electron chi connectivity index (χ2n) is 5.53. The Morgan fingerprint density at radius 3 is 2.18 bits per heavy atom. The van der Waals surface area contributed by atoms with Gasteiger partial charge in [0.15, 0.2) is 0 Å². The number of hydrogen-bond donors (Lipinski definition) is 1. The third kappa shape index (κ3) is 3.49. The van der Waals surface area contributed by atoms with Gasteiger partial charge in [-0.2, -0.15) is 0 Å². The smallest absolute Gasteiger partial charge is 0.122 e. The standard InChI is InChI=1S/C16H26O/c1-6-7-8-13-9-14(11(2)3)10-15(12(4)5)16(13)17/h9-12,17H,6-8H2,1-5H3. The van der Waals surface area contributed by atoms with Crippen molar-refractivity contribution >= 4 is 0 Å². The van der Waals surface area contributed by atoms with E-state index in [4.69, 9.17) is 0 Å². The van der Waals surface area contributed by atoms with Crippen LogP contribution < -0.4 is 0 Å². The molecule has 0 aliphatic carbocycles. The number of aryl methyl sites for hydroxylation is 1. The molecular formula is C16H26O. The fourth-order valence-electron chi connectivity index (χ4n) is 2.08. The number of rotatable bonds is 5. The average Bonchev–Trinajstić information content (AvgIpc) is 2.26. The van der Waals surface area contributed by atoms with Crippen LogP contribution in [-0.4, -0.2) is 5.11 Å². The number of hydrogen-bond acceptors (Lipinski definition) is 1. The molecule has 0 saturated carbocycles. The first-order chi connectivity index (χ1) is 7.97. The van der Waals surface area contributed by atoms with Crippen LogP contribution in [0, 0.1) is 0 Å². The van der Waals surface area contributed by atoms with Crippen molar-refractivity contribution < 1.29 is 5.11 Å². The first-order valence-corrected chi connectivity index (χ1v) is 6.83. The van der Waals surface area contributed by atoms with E-state index in [9.17, 15) is 5.11 Å². The summed E-state index contributed by atoms with van der Waals surface area (Å²) in [6.45, 7) is 10.9. The Labute approximate surface area is 106 Å². The van der Waals surface area contributed by atoms with Gasteiger partial charge in [-0.25, -0.2) is 0 Å². The van der Waals surface area contributed by atoms with Crippen molar-refractivity contribution in [3.8, 4) is 5.75 Å². The average molecular weight is 234 g/mol. The van der Waals surface area contributed by atoms with Crippen molar-refractivity contribution in [3.63, 3.8) is 0 Å². The molecule has 0 unspecified atom stereocenters. The molecule has 0 fully saturated rings. The second kappa shape index (κ2) is 6.09. The quantitative estimate of drug-likeness (QED) is 0.761. The van der Waals surface area contributed by atoms with Gasteiger partial charge in [-0.05, 0) is 41.4 Å². The number of phenols is 1. The Bertz CT molecular complexity index is 364. The third-order valence-corrected chi connectivity index (χ3v) is 3.33. The van der Waals surface area contributed by atoms with Crippen LogP contribution in [0.5, 0.6) is 5.75 Å². The van der Waals surface area contributed by atoms with E-state index in [2.05, 4.69) is 46.8 Å². The highest BCUT2D eigenvalue weighted by molar-refractivity contribution is 5.46. The highest BCUT2D eigenvalue weighted by Gasteiger charge is 2.13. The van der Waals surface area contributed by atoms with Gasteiger partial charge in [0.25, 0.3) is 0 Å². The highest BCUT2D eigenvalue weighted by atomic mass is 16.3. The van der Waals surface area contributed by atoms with E-state index in [0.717, 1.165) is 24.0 Å². The molecule has 96 valence electrons. The van der Waals surface area contributed by atoms with E-state index < -0.39 is 0 Å². The normalized spacial score (nSPS) is 11.5. The van der Waals surface area contributed by atoms with E-state index >= 15 is 0 Å². The summed E-state index contributed by atoms with van der Waals surface area (Å²) in [6.07, 6.45) is 3.30. The van der Waals surface area contributed by atoms with Crippen LogP contribution in [0.15, 0.2) is 12.1 Å². The molecule has 1 heteroatoms. The zero-order valence-electron chi connectivity index (χ0n) is 11.9. The SMILES string of the molecule is CCCCc1cc(C(C)C)cc(C(C)C)c1O. The van der Waals surface area contributed by atoms with Gasteiger partial charge in [0.05, 0.1) is 0 Å². The third-order valence-electron chi connectivity index (χ3n) is 3.33. The monoisotopic (exact) mass is 234 g/mol. The first kappa shape index (κ1) is 14.1. The molecule has 17 heavy (non-hydrogen) atoms. The summed E-state index contributed by atoms with van der Waals surface area (Å²) in [5.74, 6) is 1.43. The lowest BCUT2D eigenvalue weighted by atomic mass is 9.90. The Kier molecular flexibility index (Phi) is 5.04. The molecule has 0 heterocycles. The zero-order chi connectivity index (χ0) is 13.0. The van der Waals surface area contributed by atoms with Gasteiger partial charge in [-0.3, -0.25) is 0 Å². The van der Waals surface area contributed by atoms with Crippen molar-refractivity contribution in [3.05, 3.63) is 28.8 Å². The van der Waals surface area contributed by atoms with Crippen LogP contribution >= 0.6 is 0 Å². The zero-order valence-corrected chi connectivity index (χ0v) is 11.9. The Morgan fingerprint density at radius 1 is 1.06 bits per heavy atom. The lowest BCUT2D eigenvalue weighted by Gasteiger charge is -2.17. The fraction of sp³-hybridized carbons (Fsp3) is 0.625. The van der Waals surface area contributed by atoms with Gasteiger partial charge in [0, 0.05) is 0 Å². The van der Waals surface area contributed by atoms with Gasteiger partial charge < -0.3 is 5.11 Å². The molecule has 0 bridgehead atoms. The Hall–Kier alpha value is -0.980. The molecule has 1 nitrogen and oxygen atoms in total. The molecule has 0 aromatic heterocycles. The lowest BCUT2D eigenvalue weighted by Crippen LogP contribution is -1.98. The molecule has 0 amide bonds. The van der Waals surface area contributed by atoms with Gasteiger partial charge in [-0.15, -0.1) is 0 Å². The molecule has 0 saturated heterocycles. The largest absolute Gasteiger partial charge is 0.507 e. The summed E-state index contributed by atoms with van der Waals surface area (Å²) >= 11 is 0. The van der Waals surface area contributed by atoms with Crippen LogP contribution in [0.1, 0.15) is 76.0 Å². The van der Waals surface area contributed by atoms with Crippen LogP contribution in [0.3, 0.4) is 0 Å². The summed E-state index contributed by atoms with van der Waals surface area (Å²) < 4.78 is 0. The molecule has 1 aromatic carbocycles. The van der Waals surface area contributed by atoms with Gasteiger partial charge in [-0.1, -0.05) is 53.2 Å². The van der Waals surface area contributed by atoms with E-state index in [0.29, 0.717) is 17.6 Å². The van der Waals surface area contributed by atoms with Crippen molar-refractivity contribution in [2.45, 2.75) is 65.7 Å². The highest BCUT2D eigenvalue weighted by Crippen LogP contribution is 2.33. The summed E-state index contributed by atoms with van der Waals surface area (Å²) in [5, 5.41) is 10.3. The minimum atomic E-state index is 0.383. The predicted octanol–water partition coefficient (Wildman–Crippen LogP) is 4.98. The lowest BCUT2D eigenvalue weighted by molar-refractivity contribution is 0.456. The Morgan fingerprint density at radius 2 is 1.71 bits per heavy atom. The second-order valence-corrected chi connectivity index (χ2v) is 5.53. The van der Waals surface area contributed by atoms with Gasteiger partial charge in [0.2, 0.25) is 0 Å². The number of benzene rings is 1. The topological polar surface area (TPSA) is 20.2 Å². The van der Waals surface area contributed by atoms with Crippen molar-refractivity contribution in [2.75, 3.05) is 0 Å². The van der Waals surface area contributed by atoms with Crippen molar-refractivity contribution in [1.82, 2.24) is 0 Å². The summed E-state index contributed by atoms with van der Waals surface area (Å²) in [5.41, 5.74) is 3.57. The number of phenolic OH excluding ortho intramolecular Hbond substituents is 1. The van der Waals surface area contributed by atoms with Crippen LogP contribution in [0.25, 0.3) is 0 Å². The fourth-order valence-corrected chi connectivity index (χ4v) is 2.08. The number of unbranched alkanes of at least 4 members (excludes halogenated alkanes) is 1. The van der Waals surface area contributed by atoms with Crippen LogP contribution in [0.4, 0.5) is 0 Å². The Balaban J connectivity index is 3.18. The molecule has 1 rings (SSSR count). The molecule has 1 N–H and O–H groups in total. The predicted molar refractivity (Wildman–Crippen MR) is 74.9 cm³/mol. The first-order valence-electron chi connectivity index (χ1n) is 6.83. The molecule has 0 atom stereocenters. The van der Waals surface area contributed by atoms with Crippen molar-refractivity contribution in [1.29, 1.82) is 0 Å².